The average molecular weight is 263 g/mol. The Morgan fingerprint density at radius 3 is 2.75 bits per heavy atom. The summed E-state index contributed by atoms with van der Waals surface area (Å²) in [5.41, 5.74) is 7.04. The first kappa shape index (κ1) is 12.6. The number of H-pyrrole nitrogens is 1. The van der Waals surface area contributed by atoms with Crippen molar-refractivity contribution in [2.24, 2.45) is 5.73 Å². The maximum atomic E-state index is 6.32. The molecule has 1 aromatic heterocycles. The summed E-state index contributed by atoms with van der Waals surface area (Å²) in [6.07, 6.45) is 15.9. The first-order valence-corrected chi connectivity index (χ1v) is 6.67. The number of benzene rings is 1. The van der Waals surface area contributed by atoms with Crippen molar-refractivity contribution in [3.63, 3.8) is 0 Å². The van der Waals surface area contributed by atoms with E-state index in [9.17, 15) is 0 Å². The van der Waals surface area contributed by atoms with Crippen LogP contribution in [0.15, 0.2) is 73.1 Å². The largest absolute Gasteiger partial charge is 0.348 e. The molecule has 0 saturated heterocycles. The van der Waals surface area contributed by atoms with E-state index in [4.69, 9.17) is 5.73 Å². The lowest BCUT2D eigenvalue weighted by atomic mass is 9.76. The third kappa shape index (κ3) is 2.24. The lowest BCUT2D eigenvalue weighted by Crippen LogP contribution is -2.43. The van der Waals surface area contributed by atoms with Crippen molar-refractivity contribution in [1.29, 1.82) is 0 Å². The summed E-state index contributed by atoms with van der Waals surface area (Å²) >= 11 is 0. The maximum absolute atomic E-state index is 6.32. The number of nitrogens with one attached hydrogen (secondary N) is 1. The number of hydrogen-bond acceptors (Lipinski definition) is 2. The Morgan fingerprint density at radius 1 is 1.20 bits per heavy atom. The summed E-state index contributed by atoms with van der Waals surface area (Å²) < 4.78 is 0. The Labute approximate surface area is 118 Å². The van der Waals surface area contributed by atoms with E-state index in [1.165, 1.54) is 0 Å². The van der Waals surface area contributed by atoms with Crippen molar-refractivity contribution in [1.82, 2.24) is 9.97 Å². The first-order valence-electron chi connectivity index (χ1n) is 6.67. The molecule has 2 unspecified atom stereocenters. The van der Waals surface area contributed by atoms with Crippen LogP contribution in [0.4, 0.5) is 0 Å². The van der Waals surface area contributed by atoms with E-state index >= 15 is 0 Å². The van der Waals surface area contributed by atoms with E-state index in [0.29, 0.717) is 0 Å². The van der Waals surface area contributed by atoms with Gasteiger partial charge in [0, 0.05) is 18.4 Å². The average Bonchev–Trinajstić information content (AvgIpc) is 3.03. The van der Waals surface area contributed by atoms with Gasteiger partial charge in [0.1, 0.15) is 5.82 Å². The van der Waals surface area contributed by atoms with Gasteiger partial charge >= 0.3 is 0 Å². The molecule has 1 aliphatic rings. The molecule has 1 aliphatic carbocycles. The minimum atomic E-state index is -0.423. The number of rotatable bonds is 3. The molecule has 0 bridgehead atoms. The highest BCUT2D eigenvalue weighted by Crippen LogP contribution is 2.32. The van der Waals surface area contributed by atoms with Crippen molar-refractivity contribution in [2.45, 2.75) is 11.5 Å². The van der Waals surface area contributed by atoms with Crippen molar-refractivity contribution in [3.8, 4) is 0 Å². The molecule has 20 heavy (non-hydrogen) atoms. The number of aromatic nitrogens is 2. The molecule has 1 heterocycles. The zero-order valence-electron chi connectivity index (χ0n) is 11.1. The Balaban J connectivity index is 2.01. The summed E-state index contributed by atoms with van der Waals surface area (Å²) in [4.78, 5) is 7.59. The van der Waals surface area contributed by atoms with Crippen LogP contribution in [0.5, 0.6) is 0 Å². The van der Waals surface area contributed by atoms with Gasteiger partial charge in [0.15, 0.2) is 0 Å². The highest BCUT2D eigenvalue weighted by atomic mass is 14.9. The number of aromatic amines is 1. The van der Waals surface area contributed by atoms with Gasteiger partial charge in [0.05, 0.1) is 5.41 Å². The molecule has 3 rings (SSSR count). The van der Waals surface area contributed by atoms with Gasteiger partial charge in [-0.3, -0.25) is 0 Å². The highest BCUT2D eigenvalue weighted by molar-refractivity contribution is 5.54. The fraction of sp³-hybridized carbons (Fsp3) is 0.118. The molecule has 2 aromatic rings. The van der Waals surface area contributed by atoms with Gasteiger partial charge in [-0.2, -0.15) is 0 Å². The third-order valence-corrected chi connectivity index (χ3v) is 3.61. The molecule has 0 spiro atoms. The van der Waals surface area contributed by atoms with E-state index in [1.54, 1.807) is 6.20 Å². The number of imidazole rings is 1. The molecule has 0 amide bonds. The van der Waals surface area contributed by atoms with E-state index < -0.39 is 5.41 Å². The normalized spacial score (nSPS) is 25.4. The molecule has 0 aliphatic heterocycles. The predicted molar refractivity (Wildman–Crippen MR) is 82.0 cm³/mol. The highest BCUT2D eigenvalue weighted by Gasteiger charge is 2.35. The second kappa shape index (κ2) is 5.31. The predicted octanol–water partition coefficient (Wildman–Crippen LogP) is 2.81. The number of hydrogen-bond donors (Lipinski definition) is 2. The maximum Gasteiger partial charge on any atom is 0.121 e. The molecule has 3 N–H and O–H groups in total. The summed E-state index contributed by atoms with van der Waals surface area (Å²) in [5, 5.41) is 0. The van der Waals surface area contributed by atoms with Crippen LogP contribution in [-0.2, 0) is 5.41 Å². The lowest BCUT2D eigenvalue weighted by Gasteiger charge is -2.31. The molecule has 0 fully saturated rings. The topological polar surface area (TPSA) is 54.7 Å². The van der Waals surface area contributed by atoms with Crippen LogP contribution in [0.2, 0.25) is 0 Å². The van der Waals surface area contributed by atoms with Gasteiger partial charge in [-0.25, -0.2) is 4.98 Å². The standard InChI is InChI=1S/C17H17N3/c18-15-8-4-5-10-17(15,16-19-12-13-20-16)11-9-14-6-2-1-3-7-14/h1-13,15H,18H2,(H,19,20). The minimum absolute atomic E-state index is 0.140. The molecule has 0 saturated carbocycles. The summed E-state index contributed by atoms with van der Waals surface area (Å²) in [7, 11) is 0. The van der Waals surface area contributed by atoms with Crippen LogP contribution in [0.3, 0.4) is 0 Å². The third-order valence-electron chi connectivity index (χ3n) is 3.61. The van der Waals surface area contributed by atoms with Crippen LogP contribution in [-0.4, -0.2) is 16.0 Å². The van der Waals surface area contributed by atoms with Crippen molar-refractivity contribution < 1.29 is 0 Å². The van der Waals surface area contributed by atoms with Crippen LogP contribution in [0.25, 0.3) is 6.08 Å². The van der Waals surface area contributed by atoms with Gasteiger partial charge in [-0.05, 0) is 5.56 Å². The number of allylic oxidation sites excluding steroid dienone is 2. The summed E-state index contributed by atoms with van der Waals surface area (Å²) in [5.74, 6) is 0.859. The SMILES string of the molecule is NC1C=CC=CC1(C=Cc1ccccc1)c1ncc[nH]1. The van der Waals surface area contributed by atoms with E-state index in [0.717, 1.165) is 11.4 Å². The Morgan fingerprint density at radius 2 is 2.05 bits per heavy atom. The molecule has 3 heteroatoms. The van der Waals surface area contributed by atoms with E-state index in [1.807, 2.05) is 42.6 Å². The van der Waals surface area contributed by atoms with E-state index in [2.05, 4.69) is 40.3 Å². The van der Waals surface area contributed by atoms with E-state index in [-0.39, 0.29) is 6.04 Å². The van der Waals surface area contributed by atoms with Crippen LogP contribution < -0.4 is 5.73 Å². The molecule has 2 atom stereocenters. The smallest absolute Gasteiger partial charge is 0.121 e. The molecular weight excluding hydrogens is 246 g/mol. The summed E-state index contributed by atoms with van der Waals surface area (Å²) in [6.45, 7) is 0. The second-order valence-corrected chi connectivity index (χ2v) is 4.88. The van der Waals surface area contributed by atoms with Crippen molar-refractivity contribution >= 4 is 6.08 Å². The molecule has 100 valence electrons. The van der Waals surface area contributed by atoms with Crippen LogP contribution in [0, 0.1) is 0 Å². The van der Waals surface area contributed by atoms with Crippen LogP contribution in [0.1, 0.15) is 11.4 Å². The van der Waals surface area contributed by atoms with Gasteiger partial charge in [0.2, 0.25) is 0 Å². The number of nitrogens with zero attached hydrogens (tertiary/aromatic N) is 1. The number of nitrogens with two attached hydrogens (primary N) is 1. The molecular formula is C17H17N3. The monoisotopic (exact) mass is 263 g/mol. The minimum Gasteiger partial charge on any atom is -0.348 e. The quantitative estimate of drug-likeness (QED) is 0.894. The van der Waals surface area contributed by atoms with Gasteiger partial charge in [0.25, 0.3) is 0 Å². The van der Waals surface area contributed by atoms with Crippen LogP contribution >= 0.6 is 0 Å². The molecule has 1 aromatic carbocycles. The van der Waals surface area contributed by atoms with Gasteiger partial charge < -0.3 is 10.7 Å². The lowest BCUT2D eigenvalue weighted by molar-refractivity contribution is 0.551. The first-order chi connectivity index (χ1) is 9.81. The Bertz CT molecular complexity index is 638. The van der Waals surface area contributed by atoms with Gasteiger partial charge in [-0.1, -0.05) is 66.8 Å². The van der Waals surface area contributed by atoms with Crippen molar-refractivity contribution in [3.05, 3.63) is 84.5 Å². The summed E-state index contributed by atoms with van der Waals surface area (Å²) in [6, 6.07) is 10.1. The Kier molecular flexibility index (Phi) is 3.35. The van der Waals surface area contributed by atoms with Crippen molar-refractivity contribution in [2.75, 3.05) is 0 Å². The zero-order valence-corrected chi connectivity index (χ0v) is 11.1. The molecule has 0 radical (unpaired) electrons. The van der Waals surface area contributed by atoms with Gasteiger partial charge in [-0.15, -0.1) is 0 Å². The fourth-order valence-electron chi connectivity index (χ4n) is 2.45. The fourth-order valence-corrected chi connectivity index (χ4v) is 2.45. The molecule has 3 nitrogen and oxygen atoms in total. The zero-order chi connectivity index (χ0) is 13.8. The second-order valence-electron chi connectivity index (χ2n) is 4.88. The Hall–Kier alpha value is -2.39.